The first kappa shape index (κ1) is 20.4. The van der Waals surface area contributed by atoms with Gasteiger partial charge in [-0.05, 0) is 55.8 Å². The SMILES string of the molecule is Cc1cc(C(=O)COC(=O)c2ccc3nccnc3c2)c(C)n1Cc1ccc(F)cc1. The summed E-state index contributed by atoms with van der Waals surface area (Å²) in [6, 6.07) is 12.9. The van der Waals surface area contributed by atoms with Crippen LogP contribution in [-0.2, 0) is 11.3 Å². The first-order chi connectivity index (χ1) is 14.9. The largest absolute Gasteiger partial charge is 0.454 e. The van der Waals surface area contributed by atoms with Crippen molar-refractivity contribution in [2.45, 2.75) is 20.4 Å². The maximum Gasteiger partial charge on any atom is 0.338 e. The molecule has 0 spiro atoms. The van der Waals surface area contributed by atoms with Crippen LogP contribution in [0.3, 0.4) is 0 Å². The Hall–Kier alpha value is -3.87. The van der Waals surface area contributed by atoms with Crippen molar-refractivity contribution in [2.75, 3.05) is 6.61 Å². The molecule has 0 saturated carbocycles. The number of aryl methyl sites for hydroxylation is 1. The molecule has 0 N–H and O–H groups in total. The summed E-state index contributed by atoms with van der Waals surface area (Å²) in [6.45, 7) is 3.89. The minimum Gasteiger partial charge on any atom is -0.454 e. The van der Waals surface area contributed by atoms with Crippen LogP contribution in [0.5, 0.6) is 0 Å². The van der Waals surface area contributed by atoms with Gasteiger partial charge < -0.3 is 9.30 Å². The fourth-order valence-corrected chi connectivity index (χ4v) is 3.48. The Kier molecular flexibility index (Phi) is 5.58. The van der Waals surface area contributed by atoms with Crippen molar-refractivity contribution >= 4 is 22.8 Å². The van der Waals surface area contributed by atoms with Gasteiger partial charge in [0.25, 0.3) is 0 Å². The minimum atomic E-state index is -0.596. The molecule has 2 aromatic heterocycles. The van der Waals surface area contributed by atoms with Crippen molar-refractivity contribution in [1.82, 2.24) is 14.5 Å². The quantitative estimate of drug-likeness (QED) is 0.346. The Bertz CT molecular complexity index is 1280. The van der Waals surface area contributed by atoms with Gasteiger partial charge in [-0.25, -0.2) is 9.18 Å². The van der Waals surface area contributed by atoms with Crippen LogP contribution in [0.2, 0.25) is 0 Å². The average Bonchev–Trinajstić information content (AvgIpc) is 3.06. The lowest BCUT2D eigenvalue weighted by atomic mass is 10.1. The van der Waals surface area contributed by atoms with E-state index in [1.165, 1.54) is 12.1 Å². The number of ether oxygens (including phenoxy) is 1. The lowest BCUT2D eigenvalue weighted by Crippen LogP contribution is -2.15. The monoisotopic (exact) mass is 417 g/mol. The molecule has 0 radical (unpaired) electrons. The van der Waals surface area contributed by atoms with E-state index >= 15 is 0 Å². The Labute approximate surface area is 178 Å². The molecule has 0 atom stereocenters. The molecule has 2 aromatic carbocycles. The molecular formula is C24H20FN3O3. The second kappa shape index (κ2) is 8.47. The highest BCUT2D eigenvalue weighted by molar-refractivity contribution is 6.01. The van der Waals surface area contributed by atoms with Crippen LogP contribution in [0.25, 0.3) is 11.0 Å². The number of nitrogens with zero attached hydrogens (tertiary/aromatic N) is 3. The van der Waals surface area contributed by atoms with Crippen molar-refractivity contribution in [3.63, 3.8) is 0 Å². The van der Waals surface area contributed by atoms with Crippen LogP contribution in [0.4, 0.5) is 4.39 Å². The van der Waals surface area contributed by atoms with Crippen LogP contribution in [-0.4, -0.2) is 32.9 Å². The van der Waals surface area contributed by atoms with E-state index in [-0.39, 0.29) is 18.2 Å². The number of Topliss-reactive ketones (excluding diaryl/α,β-unsaturated/α-hetero) is 1. The van der Waals surface area contributed by atoms with E-state index in [0.717, 1.165) is 17.0 Å². The van der Waals surface area contributed by atoms with Gasteiger partial charge in [-0.1, -0.05) is 12.1 Å². The summed E-state index contributed by atoms with van der Waals surface area (Å²) < 4.78 is 20.4. The molecule has 0 aliphatic carbocycles. The van der Waals surface area contributed by atoms with E-state index in [4.69, 9.17) is 4.74 Å². The van der Waals surface area contributed by atoms with Gasteiger partial charge in [0.1, 0.15) is 5.82 Å². The number of esters is 1. The molecule has 0 aliphatic heterocycles. The number of aromatic nitrogens is 3. The fraction of sp³-hybridized carbons (Fsp3) is 0.167. The maximum absolute atomic E-state index is 13.1. The molecule has 4 aromatic rings. The molecule has 0 aliphatic rings. The average molecular weight is 417 g/mol. The van der Waals surface area contributed by atoms with Crippen LogP contribution >= 0.6 is 0 Å². The third kappa shape index (κ3) is 4.35. The van der Waals surface area contributed by atoms with Crippen molar-refractivity contribution < 1.29 is 18.7 Å². The van der Waals surface area contributed by atoms with E-state index in [2.05, 4.69) is 9.97 Å². The predicted octanol–water partition coefficient (Wildman–Crippen LogP) is 4.28. The third-order valence-corrected chi connectivity index (χ3v) is 5.17. The Morgan fingerprint density at radius 1 is 0.968 bits per heavy atom. The van der Waals surface area contributed by atoms with Gasteiger partial charge in [0.15, 0.2) is 6.61 Å². The van der Waals surface area contributed by atoms with Crippen LogP contribution in [0.15, 0.2) is 60.9 Å². The molecule has 31 heavy (non-hydrogen) atoms. The van der Waals surface area contributed by atoms with Gasteiger partial charge in [-0.15, -0.1) is 0 Å². The highest BCUT2D eigenvalue weighted by Crippen LogP contribution is 2.19. The number of hydrogen-bond acceptors (Lipinski definition) is 5. The summed E-state index contributed by atoms with van der Waals surface area (Å²) in [5.41, 5.74) is 4.64. The number of halogens is 1. The molecule has 0 amide bonds. The topological polar surface area (TPSA) is 74.1 Å². The molecule has 0 fully saturated rings. The van der Waals surface area contributed by atoms with Crippen molar-refractivity contribution in [3.05, 3.63) is 94.8 Å². The van der Waals surface area contributed by atoms with E-state index in [1.807, 2.05) is 18.4 Å². The Morgan fingerprint density at radius 3 is 2.42 bits per heavy atom. The predicted molar refractivity (Wildman–Crippen MR) is 114 cm³/mol. The molecule has 4 rings (SSSR count). The summed E-state index contributed by atoms with van der Waals surface area (Å²) in [5.74, 6) is -1.17. The first-order valence-corrected chi connectivity index (χ1v) is 9.74. The zero-order valence-electron chi connectivity index (χ0n) is 17.1. The number of hydrogen-bond donors (Lipinski definition) is 0. The highest BCUT2D eigenvalue weighted by atomic mass is 19.1. The molecule has 0 saturated heterocycles. The number of fused-ring (bicyclic) bond motifs is 1. The van der Waals surface area contributed by atoms with Gasteiger partial charge >= 0.3 is 5.97 Å². The lowest BCUT2D eigenvalue weighted by Gasteiger charge is -2.10. The van der Waals surface area contributed by atoms with Crippen LogP contribution < -0.4 is 0 Å². The molecule has 0 unspecified atom stereocenters. The summed E-state index contributed by atoms with van der Waals surface area (Å²) in [5, 5.41) is 0. The highest BCUT2D eigenvalue weighted by Gasteiger charge is 2.18. The summed E-state index contributed by atoms with van der Waals surface area (Å²) >= 11 is 0. The minimum absolute atomic E-state index is 0.285. The van der Waals surface area contributed by atoms with Gasteiger partial charge in [-0.2, -0.15) is 0 Å². The number of carbonyl (C=O) groups excluding carboxylic acids is 2. The van der Waals surface area contributed by atoms with Gasteiger partial charge in [0, 0.05) is 35.9 Å². The molecule has 0 bridgehead atoms. The first-order valence-electron chi connectivity index (χ1n) is 9.74. The van der Waals surface area contributed by atoms with Gasteiger partial charge in [0.05, 0.1) is 16.6 Å². The van der Waals surface area contributed by atoms with Crippen LogP contribution in [0, 0.1) is 19.7 Å². The maximum atomic E-state index is 13.1. The molecular weight excluding hydrogens is 397 g/mol. The van der Waals surface area contributed by atoms with Crippen LogP contribution in [0.1, 0.15) is 37.7 Å². The van der Waals surface area contributed by atoms with E-state index in [9.17, 15) is 14.0 Å². The zero-order chi connectivity index (χ0) is 22.0. The summed E-state index contributed by atoms with van der Waals surface area (Å²) in [4.78, 5) is 33.4. The zero-order valence-corrected chi connectivity index (χ0v) is 17.1. The van der Waals surface area contributed by atoms with E-state index in [0.29, 0.717) is 28.7 Å². The molecule has 7 heteroatoms. The van der Waals surface area contributed by atoms with Gasteiger partial charge in [0.2, 0.25) is 5.78 Å². The van der Waals surface area contributed by atoms with E-state index in [1.54, 1.807) is 48.8 Å². The lowest BCUT2D eigenvalue weighted by molar-refractivity contribution is 0.0474. The normalized spacial score (nSPS) is 10.9. The fourth-order valence-electron chi connectivity index (χ4n) is 3.48. The van der Waals surface area contributed by atoms with Crippen molar-refractivity contribution in [1.29, 1.82) is 0 Å². The second-order valence-corrected chi connectivity index (χ2v) is 7.26. The standard InChI is InChI=1S/C24H20FN3O3/c1-15-11-20(16(2)28(15)13-17-3-6-19(25)7-4-17)23(29)14-31-24(30)18-5-8-21-22(12-18)27-10-9-26-21/h3-12H,13-14H2,1-2H3. The molecule has 2 heterocycles. The smallest absolute Gasteiger partial charge is 0.338 e. The summed E-state index contributed by atoms with van der Waals surface area (Å²) in [6.07, 6.45) is 3.12. The third-order valence-electron chi connectivity index (χ3n) is 5.17. The molecule has 156 valence electrons. The van der Waals surface area contributed by atoms with Crippen molar-refractivity contribution in [2.24, 2.45) is 0 Å². The summed E-state index contributed by atoms with van der Waals surface area (Å²) in [7, 11) is 0. The van der Waals surface area contributed by atoms with Gasteiger partial charge in [-0.3, -0.25) is 14.8 Å². The Balaban J connectivity index is 1.45. The number of benzene rings is 2. The second-order valence-electron chi connectivity index (χ2n) is 7.26. The number of ketones is 1. The molecule has 6 nitrogen and oxygen atoms in total. The van der Waals surface area contributed by atoms with Crippen molar-refractivity contribution in [3.8, 4) is 0 Å². The number of carbonyl (C=O) groups is 2. The number of rotatable bonds is 6. The Morgan fingerprint density at radius 2 is 1.68 bits per heavy atom. The van der Waals surface area contributed by atoms with E-state index < -0.39 is 5.97 Å².